The third-order valence-corrected chi connectivity index (χ3v) is 5.52. The second kappa shape index (κ2) is 9.41. The Bertz CT molecular complexity index is 637. The van der Waals surface area contributed by atoms with Gasteiger partial charge in [0.1, 0.15) is 9.12 Å². The van der Waals surface area contributed by atoms with E-state index < -0.39 is 17.3 Å². The predicted octanol–water partition coefficient (Wildman–Crippen LogP) is 5.58. The van der Waals surface area contributed by atoms with Crippen LogP contribution in [0.15, 0.2) is 12.1 Å². The van der Waals surface area contributed by atoms with E-state index in [-0.39, 0.29) is 11.7 Å². The maximum absolute atomic E-state index is 13.6. The molecule has 0 radical (unpaired) electrons. The number of carbonyl (C=O) groups is 2. The van der Waals surface area contributed by atoms with Crippen molar-refractivity contribution in [3.63, 3.8) is 0 Å². The lowest BCUT2D eigenvalue weighted by molar-refractivity contribution is -0.146. The monoisotopic (exact) mass is 378 g/mol. The molecule has 2 rings (SSSR count). The van der Waals surface area contributed by atoms with Crippen molar-refractivity contribution >= 4 is 20.9 Å². The average molecular weight is 378 g/mol. The fraction of sp³-hybridized carbons (Fsp3) is 0.619. The number of benzene rings is 1. The first-order valence-corrected chi connectivity index (χ1v) is 9.65. The Morgan fingerprint density at radius 1 is 1.08 bits per heavy atom. The zero-order valence-electron chi connectivity index (χ0n) is 16.5. The van der Waals surface area contributed by atoms with Gasteiger partial charge in [0.2, 0.25) is 0 Å². The van der Waals surface area contributed by atoms with E-state index in [1.807, 2.05) is 46.8 Å². The Hall–Kier alpha value is -1.54. The molecule has 144 valence electrons. The quantitative estimate of drug-likeness (QED) is 0.518. The van der Waals surface area contributed by atoms with Crippen LogP contribution in [0.2, 0.25) is 0 Å². The second-order valence-electron chi connectivity index (χ2n) is 7.99. The van der Waals surface area contributed by atoms with Gasteiger partial charge in [0.15, 0.2) is 5.78 Å². The number of rotatable bonds is 6. The Morgan fingerprint density at radius 3 is 1.92 bits per heavy atom. The third kappa shape index (κ3) is 4.59. The average Bonchev–Trinajstić information content (AvgIpc) is 3.03. The van der Waals surface area contributed by atoms with Gasteiger partial charge in [-0.2, -0.15) is 0 Å². The van der Waals surface area contributed by atoms with Crippen molar-refractivity contribution in [2.24, 2.45) is 17.3 Å². The van der Waals surface area contributed by atoms with Gasteiger partial charge in [-0.25, -0.2) is 0 Å². The molecule has 0 spiro atoms. The Labute approximate surface area is 159 Å². The van der Waals surface area contributed by atoms with Crippen LogP contribution in [0.4, 0.5) is 0 Å². The summed E-state index contributed by atoms with van der Waals surface area (Å²) < 4.78 is 8.06. The van der Waals surface area contributed by atoms with Gasteiger partial charge < -0.3 is 5.11 Å². The number of carbonyl (C=O) groups excluding carboxylic acids is 1. The number of hydrogen-bond acceptors (Lipinski definition) is 3. The number of aryl methyl sites for hydroxylation is 3. The summed E-state index contributed by atoms with van der Waals surface area (Å²) in [5, 5.41) is 9.87. The van der Waals surface area contributed by atoms with Gasteiger partial charge in [-0.1, -0.05) is 44.4 Å². The van der Waals surface area contributed by atoms with Crippen molar-refractivity contribution in [3.8, 4) is 0 Å². The van der Waals surface area contributed by atoms with E-state index in [4.69, 9.17) is 4.57 Å². The molecule has 26 heavy (non-hydrogen) atoms. The lowest BCUT2D eigenvalue weighted by Gasteiger charge is -2.35. The van der Waals surface area contributed by atoms with E-state index >= 15 is 0 Å². The number of hydrogen-bond donors (Lipinski definition) is 1. The molecule has 0 aromatic heterocycles. The molecule has 1 aliphatic carbocycles. The minimum absolute atomic E-state index is 0.0584. The molecule has 1 aromatic rings. The highest BCUT2D eigenvalue weighted by Gasteiger charge is 2.51. The first kappa shape index (κ1) is 22.5. The number of aliphatic carboxylic acids is 1. The van der Waals surface area contributed by atoms with Gasteiger partial charge in [0.25, 0.3) is 0 Å². The minimum atomic E-state index is -0.818. The van der Waals surface area contributed by atoms with Crippen LogP contribution >= 0.6 is 9.12 Å². The van der Waals surface area contributed by atoms with Crippen LogP contribution in [-0.2, 0) is 9.36 Å². The summed E-state index contributed by atoms with van der Waals surface area (Å²) in [5.74, 6) is -1.09. The fourth-order valence-electron chi connectivity index (χ4n) is 4.56. The molecular formula is C21H31O4P. The molecule has 0 saturated heterocycles. The molecule has 0 amide bonds. The highest BCUT2D eigenvalue weighted by molar-refractivity contribution is 7.00. The summed E-state index contributed by atoms with van der Waals surface area (Å²) in [6, 6.07) is 4.06. The molecule has 0 bridgehead atoms. The zero-order valence-corrected chi connectivity index (χ0v) is 17.5. The van der Waals surface area contributed by atoms with Crippen LogP contribution in [0.5, 0.6) is 0 Å². The van der Waals surface area contributed by atoms with Crippen LogP contribution < -0.4 is 0 Å². The summed E-state index contributed by atoms with van der Waals surface area (Å²) in [4.78, 5) is 25.6. The molecule has 0 heterocycles. The summed E-state index contributed by atoms with van der Waals surface area (Å²) in [6.07, 6.45) is 3.84. The van der Waals surface area contributed by atoms with E-state index in [0.29, 0.717) is 19.3 Å². The molecule has 0 aliphatic heterocycles. The Kier molecular flexibility index (Phi) is 8.15. The zero-order chi connectivity index (χ0) is 20.1. The number of ketones is 1. The van der Waals surface area contributed by atoms with Crippen LogP contribution in [-0.4, -0.2) is 16.9 Å². The molecule has 1 fully saturated rings. The van der Waals surface area contributed by atoms with Gasteiger partial charge in [-0.3, -0.25) is 14.2 Å². The maximum Gasteiger partial charge on any atom is 0.307 e. The first-order valence-electron chi connectivity index (χ1n) is 9.25. The van der Waals surface area contributed by atoms with Crippen molar-refractivity contribution in [2.45, 2.75) is 66.7 Å². The Balaban J connectivity index is 0.00000163. The fourth-order valence-corrected chi connectivity index (χ4v) is 4.56. The molecule has 1 aliphatic rings. The lowest BCUT2D eigenvalue weighted by atomic mass is 9.65. The van der Waals surface area contributed by atoms with E-state index in [0.717, 1.165) is 35.1 Å². The van der Waals surface area contributed by atoms with Crippen molar-refractivity contribution in [1.82, 2.24) is 0 Å². The molecule has 1 unspecified atom stereocenters. The van der Waals surface area contributed by atoms with Gasteiger partial charge in [0.05, 0.1) is 5.92 Å². The van der Waals surface area contributed by atoms with Gasteiger partial charge in [-0.15, -0.1) is 0 Å². The normalized spacial score (nSPS) is 16.7. The van der Waals surface area contributed by atoms with E-state index in [1.54, 1.807) is 9.12 Å². The summed E-state index contributed by atoms with van der Waals surface area (Å²) in [7, 11) is 1.72. The van der Waals surface area contributed by atoms with Crippen LogP contribution in [0.25, 0.3) is 0 Å². The predicted molar refractivity (Wildman–Crippen MR) is 105 cm³/mol. The largest absolute Gasteiger partial charge is 0.481 e. The highest BCUT2D eigenvalue weighted by Crippen LogP contribution is 2.49. The van der Waals surface area contributed by atoms with E-state index in [2.05, 4.69) is 0 Å². The standard InChI is InChI=1S/C21H30O3.HOP/c1-13(2)10-17(20(23)24)21(8-6-7-9-21)19(22)18-15(4)11-14(3)12-16(18)5;1-2/h11-13,17H,6-10H2,1-5H3,(H,23,24);2H. The summed E-state index contributed by atoms with van der Waals surface area (Å²) >= 11 is 0. The van der Waals surface area contributed by atoms with Crippen LogP contribution in [0.3, 0.4) is 0 Å². The highest BCUT2D eigenvalue weighted by atomic mass is 31.0. The Morgan fingerprint density at radius 2 is 1.54 bits per heavy atom. The van der Waals surface area contributed by atoms with Gasteiger partial charge in [-0.05, 0) is 57.1 Å². The van der Waals surface area contributed by atoms with Gasteiger partial charge in [0, 0.05) is 11.0 Å². The molecule has 1 saturated carbocycles. The molecule has 4 nitrogen and oxygen atoms in total. The first-order chi connectivity index (χ1) is 12.2. The van der Waals surface area contributed by atoms with Crippen molar-refractivity contribution in [1.29, 1.82) is 0 Å². The molecule has 1 aromatic carbocycles. The summed E-state index contributed by atoms with van der Waals surface area (Å²) in [5.41, 5.74) is 3.09. The smallest absolute Gasteiger partial charge is 0.307 e. The van der Waals surface area contributed by atoms with Gasteiger partial charge >= 0.3 is 5.97 Å². The van der Waals surface area contributed by atoms with Crippen molar-refractivity contribution in [3.05, 3.63) is 34.4 Å². The second-order valence-corrected chi connectivity index (χ2v) is 7.99. The topological polar surface area (TPSA) is 71.4 Å². The molecule has 5 heteroatoms. The van der Waals surface area contributed by atoms with Crippen molar-refractivity contribution < 1.29 is 19.3 Å². The third-order valence-electron chi connectivity index (χ3n) is 5.52. The minimum Gasteiger partial charge on any atom is -0.481 e. The SMILES string of the molecule is Cc1cc(C)c(C(=O)C2(C(CC(C)C)C(=O)O)CCCC2)c(C)c1.O=P. The number of carboxylic acids is 1. The molecule has 1 atom stereocenters. The maximum atomic E-state index is 13.6. The summed E-state index contributed by atoms with van der Waals surface area (Å²) in [6.45, 7) is 10.0. The van der Waals surface area contributed by atoms with E-state index in [9.17, 15) is 14.7 Å². The molecule has 1 N–H and O–H groups in total. The number of Topliss-reactive ketones (excluding diaryl/α,β-unsaturated/α-hetero) is 1. The van der Waals surface area contributed by atoms with Crippen molar-refractivity contribution in [2.75, 3.05) is 0 Å². The number of carboxylic acid groups (broad SMARTS) is 1. The van der Waals surface area contributed by atoms with Crippen LogP contribution in [0, 0.1) is 38.0 Å². The molecular weight excluding hydrogens is 347 g/mol. The van der Waals surface area contributed by atoms with Crippen LogP contribution in [0.1, 0.15) is 73.0 Å². The van der Waals surface area contributed by atoms with E-state index in [1.165, 1.54) is 0 Å². The lowest BCUT2D eigenvalue weighted by Crippen LogP contribution is -2.42.